The molecule has 2 aromatic carbocycles. The summed E-state index contributed by atoms with van der Waals surface area (Å²) in [7, 11) is 0. The minimum Gasteiger partial charge on any atom is -0.353 e. The summed E-state index contributed by atoms with van der Waals surface area (Å²) in [5, 5.41) is 8.49. The van der Waals surface area contributed by atoms with Crippen molar-refractivity contribution in [2.24, 2.45) is 0 Å². The number of aryl methyl sites for hydroxylation is 1. The first kappa shape index (κ1) is 21.9. The molecule has 0 spiro atoms. The van der Waals surface area contributed by atoms with E-state index >= 15 is 0 Å². The van der Waals surface area contributed by atoms with Gasteiger partial charge in [0.15, 0.2) is 0 Å². The van der Waals surface area contributed by atoms with Gasteiger partial charge in [-0.1, -0.05) is 29.3 Å². The van der Waals surface area contributed by atoms with Gasteiger partial charge in [-0.05, 0) is 68.3 Å². The van der Waals surface area contributed by atoms with Crippen LogP contribution in [0, 0.1) is 6.92 Å². The highest BCUT2D eigenvalue weighted by Crippen LogP contribution is 2.27. The van der Waals surface area contributed by atoms with Crippen LogP contribution in [-0.2, 0) is 11.2 Å². The van der Waals surface area contributed by atoms with E-state index in [4.69, 9.17) is 28.2 Å². The van der Waals surface area contributed by atoms with Gasteiger partial charge in [0.1, 0.15) is 5.82 Å². The Hall–Kier alpha value is -2.34. The molecule has 1 amide bonds. The van der Waals surface area contributed by atoms with Crippen molar-refractivity contribution in [2.75, 3.05) is 23.3 Å². The van der Waals surface area contributed by atoms with E-state index in [1.807, 2.05) is 24.3 Å². The van der Waals surface area contributed by atoms with Gasteiger partial charge in [-0.25, -0.2) is 4.98 Å². The van der Waals surface area contributed by atoms with Gasteiger partial charge < -0.3 is 15.5 Å². The Morgan fingerprint density at radius 2 is 1.84 bits per heavy atom. The molecular weight excluding hydrogens is 431 g/mol. The Balaban J connectivity index is 1.52. The van der Waals surface area contributed by atoms with Crippen molar-refractivity contribution >= 4 is 51.5 Å². The zero-order chi connectivity index (χ0) is 22.1. The number of benzene rings is 2. The van der Waals surface area contributed by atoms with E-state index in [-0.39, 0.29) is 12.3 Å². The number of pyridine rings is 1. The molecule has 1 fully saturated rings. The average Bonchev–Trinajstić information content (AvgIpc) is 2.70. The summed E-state index contributed by atoms with van der Waals surface area (Å²) in [5.41, 5.74) is 3.63. The number of nitrogens with zero attached hydrogens (tertiary/aromatic N) is 2. The highest BCUT2D eigenvalue weighted by molar-refractivity contribution is 6.42. The number of nitrogens with one attached hydrogen (secondary N) is 2. The van der Waals surface area contributed by atoms with Gasteiger partial charge in [0.25, 0.3) is 0 Å². The van der Waals surface area contributed by atoms with Gasteiger partial charge in [-0.15, -0.1) is 0 Å². The number of rotatable bonds is 4. The lowest BCUT2D eigenvalue weighted by molar-refractivity contribution is -0.115. The van der Waals surface area contributed by atoms with E-state index in [1.54, 1.807) is 12.1 Å². The summed E-state index contributed by atoms with van der Waals surface area (Å²) in [6, 6.07) is 14.1. The first-order valence-electron chi connectivity index (χ1n) is 10.4. The van der Waals surface area contributed by atoms with Crippen LogP contribution in [0.3, 0.4) is 0 Å². The lowest BCUT2D eigenvalue weighted by Gasteiger charge is -2.37. The summed E-state index contributed by atoms with van der Waals surface area (Å²) in [4.78, 5) is 19.7. The first-order chi connectivity index (χ1) is 14.8. The highest BCUT2D eigenvalue weighted by Gasteiger charge is 2.22. The maximum absolute atomic E-state index is 12.5. The van der Waals surface area contributed by atoms with Crippen molar-refractivity contribution in [1.82, 2.24) is 10.3 Å². The molecule has 1 saturated heterocycles. The number of fused-ring (bicyclic) bond motifs is 1. The molecule has 0 saturated carbocycles. The van der Waals surface area contributed by atoms with Crippen LogP contribution < -0.4 is 15.5 Å². The number of piperazine rings is 1. The quantitative estimate of drug-likeness (QED) is 0.564. The fourth-order valence-corrected chi connectivity index (χ4v) is 4.49. The summed E-state index contributed by atoms with van der Waals surface area (Å²) < 4.78 is 0. The SMILES string of the molecule is Cc1cc(N2CC(C)N[C@H](C)C2)nc2ccc(NC(=O)Cc3ccc(Cl)c(Cl)c3)cc12. The summed E-state index contributed by atoms with van der Waals surface area (Å²) in [6.07, 6.45) is 0.227. The zero-order valence-corrected chi connectivity index (χ0v) is 19.4. The molecule has 1 aromatic heterocycles. The normalized spacial score (nSPS) is 18.9. The van der Waals surface area contributed by atoms with Crippen molar-refractivity contribution in [3.63, 3.8) is 0 Å². The molecule has 0 radical (unpaired) electrons. The minimum absolute atomic E-state index is 0.108. The smallest absolute Gasteiger partial charge is 0.228 e. The Morgan fingerprint density at radius 3 is 2.55 bits per heavy atom. The van der Waals surface area contributed by atoms with Gasteiger partial charge in [0, 0.05) is 36.2 Å². The molecule has 162 valence electrons. The van der Waals surface area contributed by atoms with E-state index in [1.165, 1.54) is 0 Å². The van der Waals surface area contributed by atoms with Crippen LogP contribution in [-0.4, -0.2) is 36.1 Å². The largest absolute Gasteiger partial charge is 0.353 e. The number of hydrogen-bond acceptors (Lipinski definition) is 4. The molecule has 4 rings (SSSR count). The number of anilines is 2. The maximum atomic E-state index is 12.5. The van der Waals surface area contributed by atoms with E-state index in [2.05, 4.69) is 42.4 Å². The Labute approximate surface area is 192 Å². The van der Waals surface area contributed by atoms with Gasteiger partial charge in [-0.3, -0.25) is 4.79 Å². The Bertz CT molecular complexity index is 1120. The second kappa shape index (κ2) is 9.03. The van der Waals surface area contributed by atoms with Crippen LogP contribution in [0.2, 0.25) is 10.0 Å². The average molecular weight is 457 g/mol. The molecule has 7 heteroatoms. The predicted octanol–water partition coefficient (Wildman–Crippen LogP) is 5.22. The number of halogens is 2. The second-order valence-corrected chi connectivity index (χ2v) is 9.19. The molecule has 1 aliphatic rings. The molecular formula is C24H26Cl2N4O. The third kappa shape index (κ3) is 5.12. The van der Waals surface area contributed by atoms with Gasteiger partial charge in [0.05, 0.1) is 22.0 Å². The maximum Gasteiger partial charge on any atom is 0.228 e. The summed E-state index contributed by atoms with van der Waals surface area (Å²) in [6.45, 7) is 8.35. The molecule has 5 nitrogen and oxygen atoms in total. The van der Waals surface area contributed by atoms with Crippen LogP contribution in [0.4, 0.5) is 11.5 Å². The van der Waals surface area contributed by atoms with Crippen molar-refractivity contribution < 1.29 is 4.79 Å². The van der Waals surface area contributed by atoms with E-state index in [9.17, 15) is 4.79 Å². The monoisotopic (exact) mass is 456 g/mol. The van der Waals surface area contributed by atoms with Gasteiger partial charge in [0.2, 0.25) is 5.91 Å². The van der Waals surface area contributed by atoms with Crippen LogP contribution in [0.25, 0.3) is 10.9 Å². The van der Waals surface area contributed by atoms with E-state index in [0.717, 1.165) is 46.6 Å². The molecule has 1 aliphatic heterocycles. The lowest BCUT2D eigenvalue weighted by atomic mass is 10.1. The second-order valence-electron chi connectivity index (χ2n) is 8.38. The van der Waals surface area contributed by atoms with Crippen molar-refractivity contribution in [3.8, 4) is 0 Å². The Kier molecular flexibility index (Phi) is 6.37. The van der Waals surface area contributed by atoms with Crippen molar-refractivity contribution in [1.29, 1.82) is 0 Å². The van der Waals surface area contributed by atoms with Crippen LogP contribution in [0.15, 0.2) is 42.5 Å². The van der Waals surface area contributed by atoms with E-state index in [0.29, 0.717) is 22.1 Å². The molecule has 31 heavy (non-hydrogen) atoms. The highest BCUT2D eigenvalue weighted by atomic mass is 35.5. The number of carbonyl (C=O) groups is 1. The van der Waals surface area contributed by atoms with E-state index < -0.39 is 0 Å². The number of hydrogen-bond donors (Lipinski definition) is 2. The summed E-state index contributed by atoms with van der Waals surface area (Å²) in [5.74, 6) is 0.894. The van der Waals surface area contributed by atoms with Gasteiger partial charge >= 0.3 is 0 Å². The topological polar surface area (TPSA) is 57.3 Å². The van der Waals surface area contributed by atoms with Crippen molar-refractivity contribution in [2.45, 2.75) is 39.3 Å². The molecule has 2 N–H and O–H groups in total. The fourth-order valence-electron chi connectivity index (χ4n) is 4.17. The van der Waals surface area contributed by atoms with Crippen LogP contribution in [0.1, 0.15) is 25.0 Å². The third-order valence-electron chi connectivity index (χ3n) is 5.52. The standard InChI is InChI=1S/C24H26Cl2N4O/c1-14-8-23(30-12-15(2)27-16(3)13-30)29-22-7-5-18(11-19(14)22)28-24(31)10-17-4-6-20(25)21(26)9-17/h4-9,11,15-16,27H,10,12-13H2,1-3H3,(H,28,31)/t15-,16?/m1/s1. The molecule has 0 aliphatic carbocycles. The summed E-state index contributed by atoms with van der Waals surface area (Å²) >= 11 is 12.0. The zero-order valence-electron chi connectivity index (χ0n) is 17.9. The lowest BCUT2D eigenvalue weighted by Crippen LogP contribution is -2.54. The molecule has 2 heterocycles. The molecule has 3 aromatic rings. The minimum atomic E-state index is -0.108. The van der Waals surface area contributed by atoms with Crippen molar-refractivity contribution in [3.05, 3.63) is 63.6 Å². The number of aromatic nitrogens is 1. The third-order valence-corrected chi connectivity index (χ3v) is 6.26. The van der Waals surface area contributed by atoms with Gasteiger partial charge in [-0.2, -0.15) is 0 Å². The number of amides is 1. The molecule has 1 unspecified atom stereocenters. The molecule has 0 bridgehead atoms. The fraction of sp³-hybridized carbons (Fsp3) is 0.333. The van der Waals surface area contributed by atoms with Crippen LogP contribution in [0.5, 0.6) is 0 Å². The van der Waals surface area contributed by atoms with Crippen LogP contribution >= 0.6 is 23.2 Å². The molecule has 2 atom stereocenters. The predicted molar refractivity (Wildman–Crippen MR) is 130 cm³/mol. The Morgan fingerprint density at radius 1 is 1.10 bits per heavy atom. The number of carbonyl (C=O) groups excluding carboxylic acids is 1. The first-order valence-corrected chi connectivity index (χ1v) is 11.2.